The van der Waals surface area contributed by atoms with Gasteiger partial charge in [0.05, 0.1) is 0 Å². The molecule has 0 aliphatic heterocycles. The molecule has 1 unspecified atom stereocenters. The van der Waals surface area contributed by atoms with Crippen molar-refractivity contribution in [2.24, 2.45) is 5.92 Å². The second-order valence-electron chi connectivity index (χ2n) is 4.94. The highest BCUT2D eigenvalue weighted by Crippen LogP contribution is 2.14. The topological polar surface area (TPSA) is 45.1 Å². The molecule has 2 aromatic rings. The number of nitrogens with zero attached hydrogens (tertiary/aromatic N) is 1. The molecule has 3 nitrogen and oxygen atoms in total. The van der Waals surface area contributed by atoms with E-state index in [-0.39, 0.29) is 18.3 Å². The van der Waals surface area contributed by atoms with Gasteiger partial charge in [-0.15, -0.1) is 0 Å². The van der Waals surface area contributed by atoms with Gasteiger partial charge in [-0.2, -0.15) is 0 Å². The van der Waals surface area contributed by atoms with Crippen molar-refractivity contribution in [3.05, 3.63) is 64.7 Å². The third-order valence-corrected chi connectivity index (χ3v) is 3.47. The Labute approximate surface area is 128 Å². The van der Waals surface area contributed by atoms with Crippen LogP contribution in [0.15, 0.2) is 42.6 Å². The van der Waals surface area contributed by atoms with Crippen LogP contribution in [0.25, 0.3) is 0 Å². The van der Waals surface area contributed by atoms with E-state index in [4.69, 9.17) is 11.6 Å². The maximum atomic E-state index is 13.6. The molecule has 0 aliphatic carbocycles. The molecular weight excluding hydrogens is 291 g/mol. The summed E-state index contributed by atoms with van der Waals surface area (Å²) in [4.78, 5) is 4.24. The molecule has 0 aliphatic rings. The SMILES string of the molecule is OCC(CNCc1cc(Cl)ccc1F)Cc1ccccn1. The summed E-state index contributed by atoms with van der Waals surface area (Å²) in [5.41, 5.74) is 1.46. The number of pyridine rings is 1. The number of hydrogen-bond donors (Lipinski definition) is 2. The smallest absolute Gasteiger partial charge is 0.127 e. The zero-order chi connectivity index (χ0) is 15.1. The van der Waals surface area contributed by atoms with Crippen molar-refractivity contribution in [1.29, 1.82) is 0 Å². The van der Waals surface area contributed by atoms with E-state index in [0.717, 1.165) is 5.69 Å². The fourth-order valence-electron chi connectivity index (χ4n) is 2.11. The minimum absolute atomic E-state index is 0.0437. The fraction of sp³-hybridized carbons (Fsp3) is 0.312. The summed E-state index contributed by atoms with van der Waals surface area (Å²) in [6.45, 7) is 1.02. The molecule has 1 heterocycles. The first-order valence-corrected chi connectivity index (χ1v) is 7.22. The van der Waals surface area contributed by atoms with Gasteiger partial charge in [0, 0.05) is 42.2 Å². The minimum atomic E-state index is -0.280. The van der Waals surface area contributed by atoms with E-state index in [1.54, 1.807) is 12.3 Å². The minimum Gasteiger partial charge on any atom is -0.396 e. The van der Waals surface area contributed by atoms with Crippen LogP contribution in [0, 0.1) is 11.7 Å². The van der Waals surface area contributed by atoms with Crippen molar-refractivity contribution in [2.75, 3.05) is 13.2 Å². The lowest BCUT2D eigenvalue weighted by Gasteiger charge is -2.15. The summed E-state index contributed by atoms with van der Waals surface area (Å²) < 4.78 is 13.6. The molecule has 0 spiro atoms. The van der Waals surface area contributed by atoms with Gasteiger partial charge in [0.25, 0.3) is 0 Å². The monoisotopic (exact) mass is 308 g/mol. The summed E-state index contributed by atoms with van der Waals surface area (Å²) in [5.74, 6) is -0.237. The highest BCUT2D eigenvalue weighted by molar-refractivity contribution is 6.30. The Hall–Kier alpha value is -1.49. The van der Waals surface area contributed by atoms with Crippen LogP contribution in [0.1, 0.15) is 11.3 Å². The molecule has 112 valence electrons. The van der Waals surface area contributed by atoms with Crippen molar-refractivity contribution in [3.63, 3.8) is 0 Å². The molecule has 1 aromatic carbocycles. The molecule has 2 N–H and O–H groups in total. The largest absolute Gasteiger partial charge is 0.396 e. The van der Waals surface area contributed by atoms with Crippen LogP contribution in [0.3, 0.4) is 0 Å². The van der Waals surface area contributed by atoms with Gasteiger partial charge in [0.15, 0.2) is 0 Å². The zero-order valence-corrected chi connectivity index (χ0v) is 12.4. The maximum Gasteiger partial charge on any atom is 0.127 e. The number of halogens is 2. The lowest BCUT2D eigenvalue weighted by atomic mass is 10.0. The lowest BCUT2D eigenvalue weighted by Crippen LogP contribution is -2.27. The number of aliphatic hydroxyl groups excluding tert-OH is 1. The van der Waals surface area contributed by atoms with Crippen LogP contribution in [0.4, 0.5) is 4.39 Å². The third-order valence-electron chi connectivity index (χ3n) is 3.24. The standard InChI is InChI=1S/C16H18ClFN2O/c17-14-4-5-16(18)13(8-14)10-19-9-12(11-21)7-15-3-1-2-6-20-15/h1-6,8,12,19,21H,7,9-11H2. The summed E-state index contributed by atoms with van der Waals surface area (Å²) in [7, 11) is 0. The number of hydrogen-bond acceptors (Lipinski definition) is 3. The normalized spacial score (nSPS) is 12.3. The molecule has 0 fully saturated rings. The van der Waals surface area contributed by atoms with E-state index < -0.39 is 0 Å². The number of benzene rings is 1. The van der Waals surface area contributed by atoms with Gasteiger partial charge in [-0.25, -0.2) is 4.39 Å². The summed E-state index contributed by atoms with van der Waals surface area (Å²) in [6.07, 6.45) is 2.42. The second kappa shape index (κ2) is 8.08. The average molecular weight is 309 g/mol. The molecular formula is C16H18ClFN2O. The van der Waals surface area contributed by atoms with Gasteiger partial charge in [-0.1, -0.05) is 17.7 Å². The van der Waals surface area contributed by atoms with Crippen molar-refractivity contribution >= 4 is 11.6 Å². The van der Waals surface area contributed by atoms with Crippen molar-refractivity contribution < 1.29 is 9.50 Å². The maximum absolute atomic E-state index is 13.6. The molecule has 1 atom stereocenters. The summed E-state index contributed by atoms with van der Waals surface area (Å²) in [6, 6.07) is 10.2. The fourth-order valence-corrected chi connectivity index (χ4v) is 2.30. The van der Waals surface area contributed by atoms with E-state index in [2.05, 4.69) is 10.3 Å². The van der Waals surface area contributed by atoms with Crippen LogP contribution in [0.5, 0.6) is 0 Å². The Morgan fingerprint density at radius 2 is 2.14 bits per heavy atom. The molecule has 0 bridgehead atoms. The van der Waals surface area contributed by atoms with Gasteiger partial charge < -0.3 is 10.4 Å². The Bertz CT molecular complexity index is 565. The molecule has 5 heteroatoms. The van der Waals surface area contributed by atoms with Crippen LogP contribution in [-0.2, 0) is 13.0 Å². The van der Waals surface area contributed by atoms with Crippen LogP contribution < -0.4 is 5.32 Å². The van der Waals surface area contributed by atoms with Crippen LogP contribution in [0.2, 0.25) is 5.02 Å². The second-order valence-corrected chi connectivity index (χ2v) is 5.38. The zero-order valence-electron chi connectivity index (χ0n) is 11.6. The first kappa shape index (κ1) is 15.9. The van der Waals surface area contributed by atoms with E-state index in [9.17, 15) is 9.50 Å². The molecule has 0 saturated carbocycles. The van der Waals surface area contributed by atoms with Gasteiger partial charge in [-0.05, 0) is 42.7 Å². The predicted molar refractivity (Wildman–Crippen MR) is 81.6 cm³/mol. The van der Waals surface area contributed by atoms with E-state index in [1.165, 1.54) is 12.1 Å². The first-order chi connectivity index (χ1) is 10.2. The summed E-state index contributed by atoms with van der Waals surface area (Å²) >= 11 is 5.85. The number of aromatic nitrogens is 1. The molecule has 0 radical (unpaired) electrons. The molecule has 0 amide bonds. The number of nitrogens with one attached hydrogen (secondary N) is 1. The Morgan fingerprint density at radius 3 is 2.86 bits per heavy atom. The highest BCUT2D eigenvalue weighted by atomic mass is 35.5. The predicted octanol–water partition coefficient (Wildman–Crippen LogP) is 2.81. The number of aliphatic hydroxyl groups is 1. The quantitative estimate of drug-likeness (QED) is 0.827. The number of rotatable bonds is 7. The molecule has 21 heavy (non-hydrogen) atoms. The highest BCUT2D eigenvalue weighted by Gasteiger charge is 2.10. The Balaban J connectivity index is 1.84. The van der Waals surface area contributed by atoms with Crippen LogP contribution in [-0.4, -0.2) is 23.2 Å². The third kappa shape index (κ3) is 5.08. The molecule has 2 rings (SSSR count). The molecule has 0 saturated heterocycles. The van der Waals surface area contributed by atoms with E-state index >= 15 is 0 Å². The van der Waals surface area contributed by atoms with Crippen molar-refractivity contribution in [2.45, 2.75) is 13.0 Å². The Morgan fingerprint density at radius 1 is 1.29 bits per heavy atom. The first-order valence-electron chi connectivity index (χ1n) is 6.84. The van der Waals surface area contributed by atoms with Gasteiger partial charge in [0.2, 0.25) is 0 Å². The Kier molecular flexibility index (Phi) is 6.11. The lowest BCUT2D eigenvalue weighted by molar-refractivity contribution is 0.220. The average Bonchev–Trinajstić information content (AvgIpc) is 2.50. The summed E-state index contributed by atoms with van der Waals surface area (Å²) in [5, 5.41) is 13.1. The van der Waals surface area contributed by atoms with Gasteiger partial charge in [0.1, 0.15) is 5.82 Å². The van der Waals surface area contributed by atoms with Gasteiger partial charge in [-0.3, -0.25) is 4.98 Å². The van der Waals surface area contributed by atoms with Crippen LogP contribution >= 0.6 is 11.6 Å². The molecule has 1 aromatic heterocycles. The van der Waals surface area contributed by atoms with E-state index in [0.29, 0.717) is 30.1 Å². The van der Waals surface area contributed by atoms with Crippen molar-refractivity contribution in [3.8, 4) is 0 Å². The van der Waals surface area contributed by atoms with E-state index in [1.807, 2.05) is 18.2 Å². The van der Waals surface area contributed by atoms with Crippen molar-refractivity contribution in [1.82, 2.24) is 10.3 Å². The van der Waals surface area contributed by atoms with Gasteiger partial charge >= 0.3 is 0 Å².